The minimum atomic E-state index is -0.424. The van der Waals surface area contributed by atoms with Crippen molar-refractivity contribution in [1.29, 1.82) is 0 Å². The van der Waals surface area contributed by atoms with Gasteiger partial charge in [-0.1, -0.05) is 170 Å². The highest BCUT2D eigenvalue weighted by Gasteiger charge is 2.36. The maximum absolute atomic E-state index is 4.33. The van der Waals surface area contributed by atoms with Crippen molar-refractivity contribution in [1.82, 2.24) is 9.55 Å². The highest BCUT2D eigenvalue weighted by Crippen LogP contribution is 2.38. The van der Waals surface area contributed by atoms with Crippen LogP contribution in [-0.4, -0.2) is 25.8 Å². The second-order valence-electron chi connectivity index (χ2n) is 10.3. The zero-order chi connectivity index (χ0) is 26.0. The summed E-state index contributed by atoms with van der Waals surface area (Å²) in [6, 6.07) is 44.9. The number of hydrogen-bond acceptors (Lipinski definition) is 1. The summed E-state index contributed by atoms with van der Waals surface area (Å²) in [4.78, 5) is 4.33. The van der Waals surface area contributed by atoms with Crippen LogP contribution < -0.4 is 10.9 Å². The van der Waals surface area contributed by atoms with E-state index in [1.54, 1.807) is 0 Å². The Morgan fingerprint density at radius 2 is 1.21 bits per heavy atom. The Labute approximate surface area is 230 Å². The smallest absolute Gasteiger partial charge is 0.212 e. The summed E-state index contributed by atoms with van der Waals surface area (Å²) in [5, 5.41) is -0.0466. The predicted octanol–water partition coefficient (Wildman–Crippen LogP) is 6.09. The van der Waals surface area contributed by atoms with Gasteiger partial charge in [0, 0.05) is 12.4 Å². The van der Waals surface area contributed by atoms with Gasteiger partial charge in [-0.3, -0.25) is 0 Å². The van der Waals surface area contributed by atoms with Crippen molar-refractivity contribution in [3.63, 3.8) is 0 Å². The second-order valence-corrected chi connectivity index (χ2v) is 12.5. The molecule has 2 nitrogen and oxygen atoms in total. The summed E-state index contributed by atoms with van der Waals surface area (Å²) in [7, 11) is -0.424. The number of nitrogens with zero attached hydrogens (tertiary/aromatic N) is 2. The molecule has 0 N–H and O–H groups in total. The Morgan fingerprint density at radius 3 is 1.61 bits per heavy atom. The minimum Gasteiger partial charge on any atom is -0.327 e. The van der Waals surface area contributed by atoms with E-state index in [1.165, 1.54) is 47.4 Å². The number of aromatic nitrogens is 2. The second kappa shape index (κ2) is 12.8. The van der Waals surface area contributed by atoms with Crippen molar-refractivity contribution in [2.45, 2.75) is 43.2 Å². The zero-order valence-electron chi connectivity index (χ0n) is 22.4. The lowest BCUT2D eigenvalue weighted by Gasteiger charge is -2.36. The third-order valence-electron chi connectivity index (χ3n) is 7.75. The summed E-state index contributed by atoms with van der Waals surface area (Å²) < 4.78 is 2.32. The van der Waals surface area contributed by atoms with Crippen LogP contribution in [0.4, 0.5) is 0 Å². The van der Waals surface area contributed by atoms with Crippen molar-refractivity contribution < 1.29 is 0 Å². The van der Waals surface area contributed by atoms with Gasteiger partial charge in [0.25, 0.3) is 0 Å². The van der Waals surface area contributed by atoms with Gasteiger partial charge in [-0.05, 0) is 11.1 Å². The molecule has 1 aromatic heterocycles. The lowest BCUT2D eigenvalue weighted by atomic mass is 9.37. The number of benzene rings is 4. The van der Waals surface area contributed by atoms with Crippen LogP contribution in [0.5, 0.6) is 0 Å². The molecule has 1 fully saturated rings. The van der Waals surface area contributed by atoms with E-state index >= 15 is 0 Å². The molecule has 6 rings (SSSR count). The molecule has 0 radical (unpaired) electrons. The fourth-order valence-corrected chi connectivity index (χ4v) is 8.07. The van der Waals surface area contributed by atoms with Crippen LogP contribution in [0.2, 0.25) is 11.9 Å². The summed E-state index contributed by atoms with van der Waals surface area (Å²) in [5.41, 5.74) is 5.69. The first-order valence-electron chi connectivity index (χ1n) is 14.0. The molecule has 1 aliphatic carbocycles. The first kappa shape index (κ1) is 26.0. The molecule has 4 aromatic carbocycles. The van der Waals surface area contributed by atoms with E-state index < -0.39 is 9.52 Å². The van der Waals surface area contributed by atoms with Crippen LogP contribution in [-0.2, 0) is 5.16 Å². The van der Waals surface area contributed by atoms with Crippen molar-refractivity contribution in [2.24, 2.45) is 0 Å². The molecule has 38 heavy (non-hydrogen) atoms. The lowest BCUT2D eigenvalue weighted by Crippen LogP contribution is -2.42. The highest BCUT2D eigenvalue weighted by atomic mass is 28.2. The SMILES string of the molecule is CCC[SiH2]C(c1ccccc1)(c1ccccc1)n1ccnc1.c1ccc(B(c2ccccc2)C2CC2)cc1. The zero-order valence-corrected chi connectivity index (χ0v) is 23.8. The molecular formula is C34H37BN2Si. The van der Waals surface area contributed by atoms with E-state index in [0.29, 0.717) is 6.71 Å². The third kappa shape index (κ3) is 5.92. The predicted molar refractivity (Wildman–Crippen MR) is 166 cm³/mol. The van der Waals surface area contributed by atoms with Gasteiger partial charge in [-0.15, -0.1) is 0 Å². The van der Waals surface area contributed by atoms with Gasteiger partial charge in [-0.2, -0.15) is 0 Å². The molecule has 1 heterocycles. The Balaban J connectivity index is 0.000000162. The van der Waals surface area contributed by atoms with Gasteiger partial charge < -0.3 is 4.57 Å². The summed E-state index contributed by atoms with van der Waals surface area (Å²) >= 11 is 0. The molecule has 1 saturated carbocycles. The average Bonchev–Trinajstić information content (AvgIpc) is 3.67. The standard InChI is InChI=1S/C19H22N2Si.C15H15B/c1-2-15-22-19(21-14-13-20-16-21,17-9-5-3-6-10-17)18-11-7-4-8-12-18;1-3-7-13(8-4-1)16(15-11-12-15)14-9-5-2-6-10-14/h3-14,16H,2,15,22H2,1H3;1-10,15H,11-12H2. The fraction of sp³-hybridized carbons (Fsp3) is 0.206. The molecule has 5 aromatic rings. The van der Waals surface area contributed by atoms with Gasteiger partial charge >= 0.3 is 0 Å². The molecule has 1 aliphatic rings. The molecular weight excluding hydrogens is 475 g/mol. The molecule has 190 valence electrons. The van der Waals surface area contributed by atoms with E-state index in [-0.39, 0.29) is 5.16 Å². The molecule has 0 amide bonds. The molecule has 0 atom stereocenters. The number of imidazole rings is 1. The molecule has 0 aliphatic heterocycles. The third-order valence-corrected chi connectivity index (χ3v) is 10.7. The monoisotopic (exact) mass is 512 g/mol. The van der Waals surface area contributed by atoms with E-state index in [9.17, 15) is 0 Å². The Kier molecular flexibility index (Phi) is 8.72. The number of hydrogen-bond donors (Lipinski definition) is 0. The molecule has 4 heteroatoms. The topological polar surface area (TPSA) is 17.8 Å². The fourth-order valence-electron chi connectivity index (χ4n) is 5.71. The van der Waals surface area contributed by atoms with Crippen molar-refractivity contribution >= 4 is 27.2 Å². The summed E-state index contributed by atoms with van der Waals surface area (Å²) in [6.07, 6.45) is 9.98. The van der Waals surface area contributed by atoms with Crippen LogP contribution in [0.15, 0.2) is 140 Å². The highest BCUT2D eigenvalue weighted by molar-refractivity contribution is 6.86. The van der Waals surface area contributed by atoms with Crippen LogP contribution in [0.1, 0.15) is 37.3 Å². The number of rotatable bonds is 9. The molecule has 0 spiro atoms. The van der Waals surface area contributed by atoms with Crippen molar-refractivity contribution in [3.8, 4) is 0 Å². The van der Waals surface area contributed by atoms with Gasteiger partial charge in [0.2, 0.25) is 6.71 Å². The summed E-state index contributed by atoms with van der Waals surface area (Å²) in [6.45, 7) is 2.89. The van der Waals surface area contributed by atoms with Crippen LogP contribution in [0, 0.1) is 0 Å². The Bertz CT molecular complexity index is 1260. The van der Waals surface area contributed by atoms with Gasteiger partial charge in [0.05, 0.1) is 21.0 Å². The van der Waals surface area contributed by atoms with Crippen LogP contribution in [0.25, 0.3) is 0 Å². The Hall–Kier alpha value is -3.63. The van der Waals surface area contributed by atoms with E-state index in [0.717, 1.165) is 5.82 Å². The normalized spacial score (nSPS) is 13.2. The average molecular weight is 513 g/mol. The molecule has 0 saturated heterocycles. The van der Waals surface area contributed by atoms with E-state index in [2.05, 4.69) is 144 Å². The van der Waals surface area contributed by atoms with E-state index in [4.69, 9.17) is 0 Å². The first-order valence-corrected chi connectivity index (χ1v) is 15.7. The van der Waals surface area contributed by atoms with Crippen molar-refractivity contribution in [2.75, 3.05) is 0 Å². The quantitative estimate of drug-likeness (QED) is 0.219. The van der Waals surface area contributed by atoms with Crippen LogP contribution in [0.3, 0.4) is 0 Å². The maximum atomic E-state index is 4.33. The van der Waals surface area contributed by atoms with Gasteiger partial charge in [-0.25, -0.2) is 4.98 Å². The summed E-state index contributed by atoms with van der Waals surface area (Å²) in [5.74, 6) is 0.866. The first-order chi connectivity index (χ1) is 18.8. The van der Waals surface area contributed by atoms with Gasteiger partial charge in [0.1, 0.15) is 0 Å². The van der Waals surface area contributed by atoms with Gasteiger partial charge in [0.15, 0.2) is 0 Å². The minimum absolute atomic E-state index is 0.0466. The van der Waals surface area contributed by atoms with Crippen molar-refractivity contribution in [3.05, 3.63) is 151 Å². The maximum Gasteiger partial charge on any atom is 0.212 e. The molecule has 0 bridgehead atoms. The largest absolute Gasteiger partial charge is 0.327 e. The Morgan fingerprint density at radius 1 is 0.737 bits per heavy atom. The lowest BCUT2D eigenvalue weighted by molar-refractivity contribution is 0.590. The molecule has 0 unspecified atom stereocenters. The van der Waals surface area contributed by atoms with E-state index in [1.807, 2.05) is 12.5 Å². The van der Waals surface area contributed by atoms with Crippen LogP contribution >= 0.6 is 0 Å².